The average molecular weight is 153 g/mol. The van der Waals surface area contributed by atoms with Crippen molar-refractivity contribution in [2.75, 3.05) is 0 Å². The minimum absolute atomic E-state index is 0.885. The van der Waals surface area contributed by atoms with Crippen molar-refractivity contribution in [1.29, 1.82) is 0 Å². The standard InChI is InChI=1S/C3H5O5S/c1-3(8-2-4)9(5,6)7/h3H,1H3,(H,5,6,7). The fourth-order valence-corrected chi connectivity index (χ4v) is 0.289. The molecule has 1 atom stereocenters. The third-order valence-electron chi connectivity index (χ3n) is 0.634. The molecular weight excluding hydrogens is 148 g/mol. The Morgan fingerprint density at radius 3 is 2.22 bits per heavy atom. The van der Waals surface area contributed by atoms with E-state index in [9.17, 15) is 13.2 Å². The highest BCUT2D eigenvalue weighted by Crippen LogP contribution is 1.95. The summed E-state index contributed by atoms with van der Waals surface area (Å²) in [4.78, 5) is 9.34. The molecule has 0 rings (SSSR count). The molecule has 0 amide bonds. The van der Waals surface area contributed by atoms with E-state index < -0.39 is 15.6 Å². The van der Waals surface area contributed by atoms with Gasteiger partial charge in [-0.15, -0.1) is 0 Å². The van der Waals surface area contributed by atoms with Crippen LogP contribution in [0.2, 0.25) is 0 Å². The normalized spacial score (nSPS) is 14.4. The van der Waals surface area contributed by atoms with Gasteiger partial charge in [0.15, 0.2) is 0 Å². The quantitative estimate of drug-likeness (QED) is 0.542. The Morgan fingerprint density at radius 1 is 1.67 bits per heavy atom. The number of ether oxygens (including phenoxy) is 1. The second-order valence-electron chi connectivity index (χ2n) is 1.28. The van der Waals surface area contributed by atoms with E-state index in [2.05, 4.69) is 4.74 Å². The van der Waals surface area contributed by atoms with Gasteiger partial charge in [0.05, 0.1) is 0 Å². The molecule has 9 heavy (non-hydrogen) atoms. The van der Waals surface area contributed by atoms with E-state index in [1.807, 2.05) is 0 Å². The molecule has 0 fully saturated rings. The van der Waals surface area contributed by atoms with Gasteiger partial charge in [-0.2, -0.15) is 8.42 Å². The third kappa shape index (κ3) is 3.04. The molecule has 0 aromatic heterocycles. The van der Waals surface area contributed by atoms with Crippen LogP contribution in [0.4, 0.5) is 0 Å². The van der Waals surface area contributed by atoms with Gasteiger partial charge in [0.2, 0.25) is 5.44 Å². The monoisotopic (exact) mass is 153 g/mol. The molecular formula is C3H5O5S. The number of rotatable bonds is 3. The first-order chi connectivity index (χ1) is 3.98. The summed E-state index contributed by atoms with van der Waals surface area (Å²) in [5, 5.41) is 0. The maximum absolute atomic E-state index is 9.97. The molecule has 1 radical (unpaired) electrons. The van der Waals surface area contributed by atoms with Crippen LogP contribution in [0.3, 0.4) is 0 Å². The highest BCUT2D eigenvalue weighted by molar-refractivity contribution is 7.86. The molecule has 0 aliphatic rings. The topological polar surface area (TPSA) is 80.7 Å². The summed E-state index contributed by atoms with van der Waals surface area (Å²) in [6, 6.07) is 0. The van der Waals surface area contributed by atoms with Crippen LogP contribution in [0, 0.1) is 0 Å². The summed E-state index contributed by atoms with van der Waals surface area (Å²) in [6.07, 6.45) is 0. The zero-order valence-corrected chi connectivity index (χ0v) is 5.38. The highest BCUT2D eigenvalue weighted by Gasteiger charge is 2.17. The molecule has 6 heteroatoms. The summed E-state index contributed by atoms with van der Waals surface area (Å²) < 4.78 is 31.8. The third-order valence-corrected chi connectivity index (χ3v) is 1.57. The zero-order valence-electron chi connectivity index (χ0n) is 4.57. The molecule has 1 N–H and O–H groups in total. The first-order valence-corrected chi connectivity index (χ1v) is 3.48. The SMILES string of the molecule is CC(O[C]=O)S(=O)(=O)O. The lowest BCUT2D eigenvalue weighted by Crippen LogP contribution is -2.19. The minimum Gasteiger partial charge on any atom is -0.435 e. The summed E-state index contributed by atoms with van der Waals surface area (Å²) >= 11 is 0. The maximum atomic E-state index is 9.97. The van der Waals surface area contributed by atoms with Gasteiger partial charge in [0, 0.05) is 0 Å². The summed E-state index contributed by atoms with van der Waals surface area (Å²) in [6.45, 7) is 1.90. The molecule has 0 aromatic carbocycles. The molecule has 0 spiro atoms. The van der Waals surface area contributed by atoms with E-state index in [0.29, 0.717) is 0 Å². The first-order valence-electron chi connectivity index (χ1n) is 1.97. The molecule has 0 saturated heterocycles. The molecule has 53 valence electrons. The minimum atomic E-state index is -4.25. The Bertz CT molecular complexity index is 180. The molecule has 1 unspecified atom stereocenters. The molecule has 0 bridgehead atoms. The van der Waals surface area contributed by atoms with Crippen molar-refractivity contribution in [1.82, 2.24) is 0 Å². The van der Waals surface area contributed by atoms with Gasteiger partial charge in [-0.1, -0.05) is 0 Å². The predicted molar refractivity (Wildman–Crippen MR) is 27.8 cm³/mol. The van der Waals surface area contributed by atoms with Gasteiger partial charge in [-0.3, -0.25) is 4.55 Å². The lowest BCUT2D eigenvalue weighted by molar-refractivity contribution is 0.243. The van der Waals surface area contributed by atoms with Crippen molar-refractivity contribution in [3.63, 3.8) is 0 Å². The van der Waals surface area contributed by atoms with E-state index in [-0.39, 0.29) is 0 Å². The largest absolute Gasteiger partial charge is 0.435 e. The molecule has 0 heterocycles. The Balaban J connectivity index is 4.05. The molecule has 0 aliphatic carbocycles. The van der Waals surface area contributed by atoms with Crippen LogP contribution >= 0.6 is 0 Å². The summed E-state index contributed by atoms with van der Waals surface area (Å²) in [5.74, 6) is 0. The van der Waals surface area contributed by atoms with Crippen molar-refractivity contribution >= 4 is 16.6 Å². The molecule has 0 saturated carbocycles. The lowest BCUT2D eigenvalue weighted by atomic mass is 10.9. The van der Waals surface area contributed by atoms with Crippen LogP contribution in [0.5, 0.6) is 0 Å². The number of hydrogen-bond acceptors (Lipinski definition) is 4. The van der Waals surface area contributed by atoms with Crippen molar-refractivity contribution in [2.45, 2.75) is 12.4 Å². The molecule has 0 aromatic rings. The predicted octanol–water partition coefficient (Wildman–Crippen LogP) is -0.696. The Labute approximate surface area is 52.4 Å². The van der Waals surface area contributed by atoms with Crippen molar-refractivity contribution < 1.29 is 22.5 Å². The van der Waals surface area contributed by atoms with Gasteiger partial charge in [-0.25, -0.2) is 4.79 Å². The maximum Gasteiger partial charge on any atom is 0.418 e. The van der Waals surface area contributed by atoms with Crippen LogP contribution in [0.15, 0.2) is 0 Å². The fraction of sp³-hybridized carbons (Fsp3) is 0.667. The Morgan fingerprint density at radius 2 is 2.11 bits per heavy atom. The Kier molecular flexibility index (Phi) is 2.60. The van der Waals surface area contributed by atoms with E-state index in [1.165, 1.54) is 0 Å². The van der Waals surface area contributed by atoms with Crippen LogP contribution in [-0.2, 0) is 19.6 Å². The van der Waals surface area contributed by atoms with Gasteiger partial charge in [-0.05, 0) is 6.92 Å². The van der Waals surface area contributed by atoms with E-state index in [1.54, 1.807) is 0 Å². The average Bonchev–Trinajstić information content (AvgIpc) is 1.64. The van der Waals surface area contributed by atoms with Crippen molar-refractivity contribution in [2.24, 2.45) is 0 Å². The molecule has 5 nitrogen and oxygen atoms in total. The fourth-order valence-electron chi connectivity index (χ4n) is 0.129. The number of hydrogen-bond donors (Lipinski definition) is 1. The highest BCUT2D eigenvalue weighted by atomic mass is 32.2. The van der Waals surface area contributed by atoms with E-state index in [0.717, 1.165) is 13.4 Å². The van der Waals surface area contributed by atoms with Gasteiger partial charge < -0.3 is 4.74 Å². The van der Waals surface area contributed by atoms with Gasteiger partial charge >= 0.3 is 16.6 Å². The smallest absolute Gasteiger partial charge is 0.418 e. The van der Waals surface area contributed by atoms with E-state index >= 15 is 0 Å². The second-order valence-corrected chi connectivity index (χ2v) is 2.98. The van der Waals surface area contributed by atoms with Crippen LogP contribution in [0.1, 0.15) is 6.92 Å². The van der Waals surface area contributed by atoms with Gasteiger partial charge in [0.25, 0.3) is 0 Å². The summed E-state index contributed by atoms with van der Waals surface area (Å²) in [7, 11) is -4.25. The molecule has 0 aliphatic heterocycles. The summed E-state index contributed by atoms with van der Waals surface area (Å²) in [5.41, 5.74) is -1.53. The Hall–Kier alpha value is -0.620. The lowest BCUT2D eigenvalue weighted by Gasteiger charge is -2.01. The van der Waals surface area contributed by atoms with E-state index in [4.69, 9.17) is 4.55 Å². The number of carbonyl (C=O) groups excluding carboxylic acids is 1. The van der Waals surface area contributed by atoms with Crippen molar-refractivity contribution in [3.8, 4) is 0 Å². The van der Waals surface area contributed by atoms with Crippen LogP contribution in [-0.4, -0.2) is 24.9 Å². The zero-order chi connectivity index (χ0) is 7.49. The van der Waals surface area contributed by atoms with Gasteiger partial charge in [0.1, 0.15) is 0 Å². The van der Waals surface area contributed by atoms with Crippen molar-refractivity contribution in [3.05, 3.63) is 0 Å². The van der Waals surface area contributed by atoms with Crippen LogP contribution in [0.25, 0.3) is 0 Å². The second kappa shape index (κ2) is 2.79. The van der Waals surface area contributed by atoms with Crippen LogP contribution < -0.4 is 0 Å². The first kappa shape index (κ1) is 8.38.